The maximum absolute atomic E-state index is 12.6. The zero-order valence-corrected chi connectivity index (χ0v) is 15.8. The normalized spacial score (nSPS) is 10.4. The van der Waals surface area contributed by atoms with Gasteiger partial charge in [0.25, 0.3) is 5.91 Å². The highest BCUT2D eigenvalue weighted by atomic mass is 16.5. The molecule has 0 aliphatic carbocycles. The van der Waals surface area contributed by atoms with E-state index >= 15 is 0 Å². The van der Waals surface area contributed by atoms with Crippen molar-refractivity contribution in [3.8, 4) is 0 Å². The van der Waals surface area contributed by atoms with E-state index in [1.165, 1.54) is 5.56 Å². The van der Waals surface area contributed by atoms with Gasteiger partial charge in [-0.15, -0.1) is 0 Å². The van der Waals surface area contributed by atoms with Crippen molar-refractivity contribution in [2.75, 3.05) is 17.2 Å². The number of para-hydroxylation sites is 1. The lowest BCUT2D eigenvalue weighted by molar-refractivity contribution is -0.114. The number of anilines is 2. The van der Waals surface area contributed by atoms with Crippen LogP contribution in [-0.4, -0.2) is 23.5 Å². The summed E-state index contributed by atoms with van der Waals surface area (Å²) < 4.78 is 4.91. The number of hydrogen-bond acceptors (Lipinski definition) is 5. The van der Waals surface area contributed by atoms with Gasteiger partial charge in [0.2, 0.25) is 5.91 Å². The van der Waals surface area contributed by atoms with Gasteiger partial charge in [-0.25, -0.2) is 0 Å². The van der Waals surface area contributed by atoms with E-state index in [2.05, 4.69) is 21.1 Å². The zero-order valence-electron chi connectivity index (χ0n) is 15.8. The molecule has 3 N–H and O–H groups in total. The van der Waals surface area contributed by atoms with Crippen LogP contribution in [-0.2, 0) is 11.3 Å². The van der Waals surface area contributed by atoms with E-state index < -0.39 is 0 Å². The molecule has 0 saturated heterocycles. The Morgan fingerprint density at radius 3 is 2.50 bits per heavy atom. The molecule has 7 heteroatoms. The fourth-order valence-electron chi connectivity index (χ4n) is 2.61. The second kappa shape index (κ2) is 8.85. The van der Waals surface area contributed by atoms with Gasteiger partial charge >= 0.3 is 0 Å². The largest absolute Gasteiger partial charge is 0.375 e. The molecule has 0 unspecified atom stereocenters. The highest BCUT2D eigenvalue weighted by Gasteiger charge is 2.12. The second-order valence-electron chi connectivity index (χ2n) is 6.44. The molecule has 2 aromatic carbocycles. The average molecular weight is 378 g/mol. The number of nitrogens with zero attached hydrogens (tertiary/aromatic N) is 1. The Bertz CT molecular complexity index is 964. The van der Waals surface area contributed by atoms with Gasteiger partial charge in [0.05, 0.1) is 12.1 Å². The van der Waals surface area contributed by atoms with Crippen molar-refractivity contribution in [3.63, 3.8) is 0 Å². The number of carbonyl (C=O) groups is 2. The maximum atomic E-state index is 12.6. The van der Waals surface area contributed by atoms with Crippen LogP contribution in [0.4, 0.5) is 11.5 Å². The molecule has 1 heterocycles. The van der Waals surface area contributed by atoms with Crippen molar-refractivity contribution in [2.45, 2.75) is 20.4 Å². The van der Waals surface area contributed by atoms with Gasteiger partial charge in [-0.1, -0.05) is 47.1 Å². The summed E-state index contributed by atoms with van der Waals surface area (Å²) >= 11 is 0. The molecule has 0 atom stereocenters. The average Bonchev–Trinajstić information content (AvgIpc) is 3.10. The number of amides is 2. The number of aryl methyl sites for hydroxylation is 2. The first-order valence-electron chi connectivity index (χ1n) is 8.91. The Hall–Kier alpha value is -3.61. The lowest BCUT2D eigenvalue weighted by atomic mass is 10.1. The quantitative estimate of drug-likeness (QED) is 0.586. The molecule has 0 aliphatic heterocycles. The highest BCUT2D eigenvalue weighted by molar-refractivity contribution is 6.00. The van der Waals surface area contributed by atoms with Gasteiger partial charge < -0.3 is 20.5 Å². The molecule has 2 amide bonds. The van der Waals surface area contributed by atoms with E-state index in [-0.39, 0.29) is 18.4 Å². The monoisotopic (exact) mass is 378 g/mol. The first kappa shape index (κ1) is 19.2. The predicted octanol–water partition coefficient (Wildman–Crippen LogP) is 3.27. The first-order valence-corrected chi connectivity index (χ1v) is 8.91. The van der Waals surface area contributed by atoms with E-state index in [9.17, 15) is 9.59 Å². The summed E-state index contributed by atoms with van der Waals surface area (Å²) in [5.41, 5.74) is 3.24. The molecule has 0 fully saturated rings. The number of hydrogen-bond donors (Lipinski definition) is 3. The molecular formula is C21H22N4O3. The topological polar surface area (TPSA) is 96.3 Å². The van der Waals surface area contributed by atoms with Crippen LogP contribution in [0.3, 0.4) is 0 Å². The summed E-state index contributed by atoms with van der Waals surface area (Å²) in [5, 5.41) is 12.2. The lowest BCUT2D eigenvalue weighted by Crippen LogP contribution is -2.26. The van der Waals surface area contributed by atoms with Crippen molar-refractivity contribution in [3.05, 3.63) is 77.0 Å². The lowest BCUT2D eigenvalue weighted by Gasteiger charge is -2.12. The molecular weight excluding hydrogens is 356 g/mol. The van der Waals surface area contributed by atoms with E-state index in [0.717, 1.165) is 5.56 Å². The Morgan fingerprint density at radius 2 is 1.79 bits per heavy atom. The van der Waals surface area contributed by atoms with Crippen LogP contribution in [0.2, 0.25) is 0 Å². The third kappa shape index (κ3) is 5.20. The number of rotatable bonds is 7. The summed E-state index contributed by atoms with van der Waals surface area (Å²) in [6.07, 6.45) is 0. The van der Waals surface area contributed by atoms with E-state index in [0.29, 0.717) is 29.4 Å². The van der Waals surface area contributed by atoms with Crippen LogP contribution in [0, 0.1) is 13.8 Å². The van der Waals surface area contributed by atoms with Crippen LogP contribution in [0.15, 0.2) is 59.1 Å². The third-order valence-electron chi connectivity index (χ3n) is 4.08. The molecule has 0 saturated carbocycles. The number of aromatic nitrogens is 1. The van der Waals surface area contributed by atoms with E-state index in [1.54, 1.807) is 37.3 Å². The van der Waals surface area contributed by atoms with Crippen LogP contribution >= 0.6 is 0 Å². The fourth-order valence-corrected chi connectivity index (χ4v) is 2.61. The van der Waals surface area contributed by atoms with Gasteiger partial charge in [0, 0.05) is 18.3 Å². The van der Waals surface area contributed by atoms with Crippen LogP contribution in [0.5, 0.6) is 0 Å². The molecule has 3 rings (SSSR count). The highest BCUT2D eigenvalue weighted by Crippen LogP contribution is 2.15. The summed E-state index contributed by atoms with van der Waals surface area (Å²) in [5.74, 6) is 0.464. The number of carbonyl (C=O) groups excluding carboxylic acids is 2. The molecule has 1 aromatic heterocycles. The van der Waals surface area contributed by atoms with Crippen molar-refractivity contribution in [1.82, 2.24) is 10.5 Å². The van der Waals surface area contributed by atoms with Gasteiger partial charge in [-0.2, -0.15) is 0 Å². The van der Waals surface area contributed by atoms with Gasteiger partial charge in [0.15, 0.2) is 5.82 Å². The van der Waals surface area contributed by atoms with Crippen LogP contribution < -0.4 is 16.0 Å². The van der Waals surface area contributed by atoms with E-state index in [1.807, 2.05) is 31.2 Å². The Kier molecular flexibility index (Phi) is 6.06. The van der Waals surface area contributed by atoms with Crippen molar-refractivity contribution >= 4 is 23.3 Å². The molecule has 7 nitrogen and oxygen atoms in total. The van der Waals surface area contributed by atoms with Crippen molar-refractivity contribution in [1.29, 1.82) is 0 Å². The minimum absolute atomic E-state index is 0.00579. The molecule has 144 valence electrons. The Morgan fingerprint density at radius 1 is 1.04 bits per heavy atom. The fraction of sp³-hybridized carbons (Fsp3) is 0.190. The van der Waals surface area contributed by atoms with Crippen LogP contribution in [0.1, 0.15) is 27.2 Å². The second-order valence-corrected chi connectivity index (χ2v) is 6.44. The zero-order chi connectivity index (χ0) is 19.9. The summed E-state index contributed by atoms with van der Waals surface area (Å²) in [4.78, 5) is 24.6. The molecule has 28 heavy (non-hydrogen) atoms. The van der Waals surface area contributed by atoms with Gasteiger partial charge in [-0.3, -0.25) is 9.59 Å². The summed E-state index contributed by atoms with van der Waals surface area (Å²) in [7, 11) is 0. The minimum Gasteiger partial charge on any atom is -0.375 e. The molecule has 0 spiro atoms. The molecule has 0 radical (unpaired) electrons. The SMILES string of the molecule is Cc1ccc(CNC(=O)c2ccccc2NCC(=O)Nc2cc(C)on2)cc1. The summed E-state index contributed by atoms with van der Waals surface area (Å²) in [6.45, 7) is 4.18. The van der Waals surface area contributed by atoms with Crippen molar-refractivity contribution < 1.29 is 14.1 Å². The number of nitrogens with one attached hydrogen (secondary N) is 3. The third-order valence-corrected chi connectivity index (χ3v) is 4.08. The summed E-state index contributed by atoms with van der Waals surface area (Å²) in [6, 6.07) is 16.7. The molecule has 0 aliphatic rings. The Balaban J connectivity index is 1.57. The maximum Gasteiger partial charge on any atom is 0.253 e. The van der Waals surface area contributed by atoms with Gasteiger partial charge in [0.1, 0.15) is 5.76 Å². The smallest absolute Gasteiger partial charge is 0.253 e. The van der Waals surface area contributed by atoms with E-state index in [4.69, 9.17) is 4.52 Å². The molecule has 3 aromatic rings. The first-order chi connectivity index (χ1) is 13.5. The van der Waals surface area contributed by atoms with Gasteiger partial charge in [-0.05, 0) is 31.5 Å². The number of benzene rings is 2. The minimum atomic E-state index is -0.289. The van der Waals surface area contributed by atoms with Crippen LogP contribution in [0.25, 0.3) is 0 Å². The predicted molar refractivity (Wildman–Crippen MR) is 107 cm³/mol. The molecule has 0 bridgehead atoms. The van der Waals surface area contributed by atoms with Crippen molar-refractivity contribution in [2.24, 2.45) is 0 Å². The Labute approximate surface area is 163 Å². The standard InChI is InChI=1S/C21H22N4O3/c1-14-7-9-16(10-8-14)12-23-21(27)17-5-3-4-6-18(17)22-13-20(26)24-19-11-15(2)28-25-19/h3-11,22H,12-13H2,1-2H3,(H,23,27)(H,24,25,26).